The van der Waals surface area contributed by atoms with Gasteiger partial charge in [-0.05, 0) is 37.1 Å². The zero-order valence-electron chi connectivity index (χ0n) is 16.0. The Bertz CT molecular complexity index is 775. The Labute approximate surface area is 160 Å². The highest BCUT2D eigenvalue weighted by Gasteiger charge is 2.23. The zero-order chi connectivity index (χ0) is 19.1. The molecule has 0 unspecified atom stereocenters. The first-order valence-electron chi connectivity index (χ1n) is 9.65. The summed E-state index contributed by atoms with van der Waals surface area (Å²) >= 11 is 0. The average molecular weight is 369 g/mol. The van der Waals surface area contributed by atoms with E-state index < -0.39 is 0 Å². The van der Waals surface area contributed by atoms with E-state index in [1.165, 1.54) is 0 Å². The molecule has 1 atom stereocenters. The van der Waals surface area contributed by atoms with Gasteiger partial charge in [0, 0.05) is 17.5 Å². The normalized spacial score (nSPS) is 15.4. The van der Waals surface area contributed by atoms with E-state index in [9.17, 15) is 4.79 Å². The largest absolute Gasteiger partial charge is 0.493 e. The van der Waals surface area contributed by atoms with Crippen molar-refractivity contribution in [3.05, 3.63) is 53.6 Å². The van der Waals surface area contributed by atoms with E-state index in [1.54, 1.807) is 12.1 Å². The highest BCUT2D eigenvalue weighted by Crippen LogP contribution is 2.33. The maximum Gasteiger partial charge on any atom is 0.251 e. The molecule has 1 amide bonds. The third-order valence-corrected chi connectivity index (χ3v) is 4.39. The number of fused-ring (bicyclic) bond motifs is 1. The molecule has 0 saturated carbocycles. The summed E-state index contributed by atoms with van der Waals surface area (Å²) in [5.41, 5.74) is 1.58. The summed E-state index contributed by atoms with van der Waals surface area (Å²) in [5, 5.41) is 3.12. The maximum absolute atomic E-state index is 12.8. The molecule has 5 nitrogen and oxygen atoms in total. The quantitative estimate of drug-likeness (QED) is 0.743. The van der Waals surface area contributed by atoms with Crippen molar-refractivity contribution in [3.63, 3.8) is 0 Å². The van der Waals surface area contributed by atoms with Crippen LogP contribution in [0.4, 0.5) is 0 Å². The van der Waals surface area contributed by atoms with Gasteiger partial charge >= 0.3 is 0 Å². The Hall–Kier alpha value is -2.69. The van der Waals surface area contributed by atoms with Crippen LogP contribution < -0.4 is 19.5 Å². The number of rotatable bonds is 8. The van der Waals surface area contributed by atoms with Crippen molar-refractivity contribution in [3.8, 4) is 17.2 Å². The minimum absolute atomic E-state index is 0.0570. The fraction of sp³-hybridized carbons (Fsp3) is 0.409. The summed E-state index contributed by atoms with van der Waals surface area (Å²) in [4.78, 5) is 12.8. The molecule has 0 radical (unpaired) electrons. The summed E-state index contributed by atoms with van der Waals surface area (Å²) < 4.78 is 17.2. The molecule has 5 heteroatoms. The van der Waals surface area contributed by atoms with Gasteiger partial charge in [-0.15, -0.1) is 0 Å². The van der Waals surface area contributed by atoms with Gasteiger partial charge in [0.25, 0.3) is 5.91 Å². The Morgan fingerprint density at radius 3 is 2.59 bits per heavy atom. The molecule has 27 heavy (non-hydrogen) atoms. The first-order valence-corrected chi connectivity index (χ1v) is 9.65. The lowest BCUT2D eigenvalue weighted by Crippen LogP contribution is -2.32. The van der Waals surface area contributed by atoms with Crippen molar-refractivity contribution < 1.29 is 19.0 Å². The third kappa shape index (κ3) is 4.73. The lowest BCUT2D eigenvalue weighted by Gasteiger charge is -2.26. The van der Waals surface area contributed by atoms with E-state index in [0.29, 0.717) is 36.9 Å². The van der Waals surface area contributed by atoms with Crippen molar-refractivity contribution in [2.45, 2.75) is 39.2 Å². The van der Waals surface area contributed by atoms with Gasteiger partial charge in [0.1, 0.15) is 5.75 Å². The smallest absolute Gasteiger partial charge is 0.251 e. The van der Waals surface area contributed by atoms with Gasteiger partial charge in [-0.25, -0.2) is 0 Å². The molecule has 2 aromatic carbocycles. The van der Waals surface area contributed by atoms with Crippen LogP contribution in [0.25, 0.3) is 0 Å². The highest BCUT2D eigenvalue weighted by atomic mass is 16.5. The minimum Gasteiger partial charge on any atom is -0.493 e. The van der Waals surface area contributed by atoms with Gasteiger partial charge in [0.2, 0.25) is 0 Å². The molecule has 1 aliphatic heterocycles. The summed E-state index contributed by atoms with van der Waals surface area (Å²) in [5.74, 6) is 2.01. The van der Waals surface area contributed by atoms with Crippen molar-refractivity contribution in [1.29, 1.82) is 0 Å². The molecule has 0 aliphatic carbocycles. The van der Waals surface area contributed by atoms with E-state index in [2.05, 4.69) is 12.2 Å². The number of amides is 1. The van der Waals surface area contributed by atoms with E-state index >= 15 is 0 Å². The predicted octanol–water partition coefficient (Wildman–Crippen LogP) is 4.52. The second-order valence-corrected chi connectivity index (χ2v) is 6.56. The molecule has 0 aromatic heterocycles. The monoisotopic (exact) mass is 369 g/mol. The summed E-state index contributed by atoms with van der Waals surface area (Å²) in [6.45, 7) is 5.90. The van der Waals surface area contributed by atoms with E-state index in [4.69, 9.17) is 14.2 Å². The molecule has 0 fully saturated rings. The molecule has 1 heterocycles. The fourth-order valence-electron chi connectivity index (χ4n) is 3.04. The molecule has 2 aromatic rings. The van der Waals surface area contributed by atoms with Gasteiger partial charge in [0.05, 0.1) is 25.9 Å². The summed E-state index contributed by atoms with van der Waals surface area (Å²) in [7, 11) is 0. The molecule has 0 saturated heterocycles. The minimum atomic E-state index is -0.125. The van der Waals surface area contributed by atoms with E-state index in [1.807, 2.05) is 37.3 Å². The Balaban J connectivity index is 1.76. The lowest BCUT2D eigenvalue weighted by molar-refractivity contribution is 0.0924. The first kappa shape index (κ1) is 19.1. The summed E-state index contributed by atoms with van der Waals surface area (Å²) in [6, 6.07) is 13.1. The summed E-state index contributed by atoms with van der Waals surface area (Å²) in [6.07, 6.45) is 2.56. The molecule has 144 valence electrons. The van der Waals surface area contributed by atoms with Gasteiger partial charge in [-0.2, -0.15) is 0 Å². The molecule has 3 rings (SSSR count). The highest BCUT2D eigenvalue weighted by molar-refractivity contribution is 5.95. The van der Waals surface area contributed by atoms with Gasteiger partial charge in [-0.1, -0.05) is 32.0 Å². The van der Waals surface area contributed by atoms with Crippen LogP contribution in [-0.2, 0) is 0 Å². The van der Waals surface area contributed by atoms with E-state index in [0.717, 1.165) is 30.6 Å². The fourth-order valence-corrected chi connectivity index (χ4v) is 3.04. The second kappa shape index (κ2) is 9.31. The molecule has 1 aliphatic rings. The number of benzene rings is 2. The van der Waals surface area contributed by atoms with Crippen LogP contribution in [0.3, 0.4) is 0 Å². The van der Waals surface area contributed by atoms with Crippen LogP contribution in [0.15, 0.2) is 42.5 Å². The van der Waals surface area contributed by atoms with Crippen LogP contribution in [0.5, 0.6) is 17.2 Å². The zero-order valence-corrected chi connectivity index (χ0v) is 16.0. The van der Waals surface area contributed by atoms with Crippen LogP contribution in [0, 0.1) is 0 Å². The topological polar surface area (TPSA) is 56.8 Å². The number of carbonyl (C=O) groups excluding carboxylic acids is 1. The Morgan fingerprint density at radius 2 is 1.81 bits per heavy atom. The van der Waals surface area contributed by atoms with Crippen molar-refractivity contribution in [2.75, 3.05) is 19.8 Å². The number of hydrogen-bond acceptors (Lipinski definition) is 4. The SMILES string of the molecule is CCCOc1ccc(C(=O)N[C@H]2CCOc3ccccc32)cc1OCCC. The van der Waals surface area contributed by atoms with Crippen LogP contribution in [0.2, 0.25) is 0 Å². The van der Waals surface area contributed by atoms with Gasteiger partial charge in [0.15, 0.2) is 11.5 Å². The predicted molar refractivity (Wildman–Crippen MR) is 105 cm³/mol. The molecular weight excluding hydrogens is 342 g/mol. The Kier molecular flexibility index (Phi) is 6.58. The van der Waals surface area contributed by atoms with Crippen LogP contribution in [-0.4, -0.2) is 25.7 Å². The number of para-hydroxylation sites is 1. The molecule has 0 spiro atoms. The number of carbonyl (C=O) groups is 1. The average Bonchev–Trinajstić information content (AvgIpc) is 2.71. The van der Waals surface area contributed by atoms with Gasteiger partial charge < -0.3 is 19.5 Å². The van der Waals surface area contributed by atoms with Crippen molar-refractivity contribution in [2.24, 2.45) is 0 Å². The number of ether oxygens (including phenoxy) is 3. The lowest BCUT2D eigenvalue weighted by atomic mass is 10.00. The molecule has 1 N–H and O–H groups in total. The van der Waals surface area contributed by atoms with Crippen molar-refractivity contribution in [1.82, 2.24) is 5.32 Å². The molecule has 0 bridgehead atoms. The number of hydrogen-bond donors (Lipinski definition) is 1. The standard InChI is InChI=1S/C22H27NO4/c1-3-12-25-20-10-9-16(15-21(20)26-13-4-2)22(24)23-18-11-14-27-19-8-6-5-7-17(18)19/h5-10,15,18H,3-4,11-14H2,1-2H3,(H,23,24)/t18-/m0/s1. The van der Waals surface area contributed by atoms with Crippen molar-refractivity contribution >= 4 is 5.91 Å². The van der Waals surface area contributed by atoms with Crippen LogP contribution >= 0.6 is 0 Å². The second-order valence-electron chi connectivity index (χ2n) is 6.56. The van der Waals surface area contributed by atoms with E-state index in [-0.39, 0.29) is 11.9 Å². The first-order chi connectivity index (χ1) is 13.2. The van der Waals surface area contributed by atoms with Gasteiger partial charge in [-0.3, -0.25) is 4.79 Å². The molecular formula is C22H27NO4. The van der Waals surface area contributed by atoms with Crippen LogP contribution in [0.1, 0.15) is 55.1 Å². The third-order valence-electron chi connectivity index (χ3n) is 4.39. The Morgan fingerprint density at radius 1 is 1.07 bits per heavy atom. The number of nitrogens with one attached hydrogen (secondary N) is 1. The maximum atomic E-state index is 12.8.